The lowest BCUT2D eigenvalue weighted by atomic mass is 10.1. The minimum atomic E-state index is 0.228. The van der Waals surface area contributed by atoms with Crippen LogP contribution >= 0.6 is 0 Å². The van der Waals surface area contributed by atoms with Crippen LogP contribution in [0.1, 0.15) is 19.8 Å². The van der Waals surface area contributed by atoms with Gasteiger partial charge in [0, 0.05) is 12.5 Å². The largest absolute Gasteiger partial charge is 0.365 e. The van der Waals surface area contributed by atoms with Crippen LogP contribution in [0.2, 0.25) is 0 Å². The molecular formula is C10H12N6. The van der Waals surface area contributed by atoms with Gasteiger partial charge in [0.15, 0.2) is 5.65 Å². The first-order valence-corrected chi connectivity index (χ1v) is 5.09. The molecule has 0 fully saturated rings. The molecule has 0 aliphatic rings. The summed E-state index contributed by atoms with van der Waals surface area (Å²) >= 11 is 0. The third-order valence-corrected chi connectivity index (χ3v) is 2.28. The van der Waals surface area contributed by atoms with Gasteiger partial charge in [0.25, 0.3) is 0 Å². The monoisotopic (exact) mass is 216 g/mol. The normalized spacial score (nSPS) is 12.2. The number of fused-ring (bicyclic) bond motifs is 1. The predicted molar refractivity (Wildman–Crippen MR) is 59.7 cm³/mol. The number of nitrogens with one attached hydrogen (secondary N) is 1. The van der Waals surface area contributed by atoms with Crippen molar-refractivity contribution in [3.05, 3.63) is 12.1 Å². The molecule has 82 valence electrons. The number of tetrazole rings is 1. The summed E-state index contributed by atoms with van der Waals surface area (Å²) < 4.78 is 1.38. The van der Waals surface area contributed by atoms with Crippen LogP contribution in [-0.2, 0) is 0 Å². The van der Waals surface area contributed by atoms with Crippen molar-refractivity contribution < 1.29 is 0 Å². The molecule has 6 nitrogen and oxygen atoms in total. The zero-order chi connectivity index (χ0) is 11.4. The Morgan fingerprint density at radius 1 is 1.56 bits per heavy atom. The highest BCUT2D eigenvalue weighted by atomic mass is 15.6. The van der Waals surface area contributed by atoms with E-state index in [1.54, 1.807) is 6.07 Å². The fourth-order valence-corrected chi connectivity index (χ4v) is 1.38. The zero-order valence-electron chi connectivity index (χ0n) is 8.96. The van der Waals surface area contributed by atoms with Crippen LogP contribution in [0.25, 0.3) is 5.65 Å². The zero-order valence-corrected chi connectivity index (χ0v) is 8.96. The van der Waals surface area contributed by atoms with E-state index in [9.17, 15) is 0 Å². The van der Waals surface area contributed by atoms with Gasteiger partial charge in [-0.2, -0.15) is 0 Å². The average Bonchev–Trinajstić information content (AvgIpc) is 2.75. The molecule has 0 bridgehead atoms. The van der Waals surface area contributed by atoms with Crippen LogP contribution in [-0.4, -0.2) is 31.3 Å². The Bertz CT molecular complexity index is 511. The first-order valence-electron chi connectivity index (χ1n) is 5.09. The van der Waals surface area contributed by atoms with Crippen LogP contribution in [0, 0.1) is 12.3 Å². The summed E-state index contributed by atoms with van der Waals surface area (Å²) in [5.74, 6) is 3.36. The Hall–Kier alpha value is -2.16. The van der Waals surface area contributed by atoms with Gasteiger partial charge in [-0.3, -0.25) is 0 Å². The Labute approximate surface area is 93.0 Å². The highest BCUT2D eigenvalue weighted by molar-refractivity contribution is 5.42. The number of rotatable bonds is 4. The van der Waals surface area contributed by atoms with Crippen LogP contribution in [0.5, 0.6) is 0 Å². The van der Waals surface area contributed by atoms with E-state index in [0.717, 1.165) is 12.2 Å². The number of anilines is 1. The van der Waals surface area contributed by atoms with E-state index >= 15 is 0 Å². The molecule has 0 saturated carbocycles. The summed E-state index contributed by atoms with van der Waals surface area (Å²) in [4.78, 5) is 0. The Morgan fingerprint density at radius 3 is 3.19 bits per heavy atom. The van der Waals surface area contributed by atoms with Crippen molar-refractivity contribution in [2.24, 2.45) is 0 Å². The molecule has 16 heavy (non-hydrogen) atoms. The van der Waals surface area contributed by atoms with Crippen LogP contribution in [0.4, 0.5) is 5.82 Å². The lowest BCUT2D eigenvalue weighted by Gasteiger charge is -2.14. The molecule has 2 aromatic heterocycles. The van der Waals surface area contributed by atoms with Crippen LogP contribution in [0.3, 0.4) is 0 Å². The second-order valence-electron chi connectivity index (χ2n) is 3.40. The van der Waals surface area contributed by atoms with Crippen molar-refractivity contribution in [1.29, 1.82) is 0 Å². The summed E-state index contributed by atoms with van der Waals surface area (Å²) in [6.07, 6.45) is 6.90. The quantitative estimate of drug-likeness (QED) is 0.763. The van der Waals surface area contributed by atoms with Gasteiger partial charge in [-0.15, -0.1) is 27.2 Å². The van der Waals surface area contributed by atoms with E-state index in [1.165, 1.54) is 4.63 Å². The molecule has 2 rings (SSSR count). The van der Waals surface area contributed by atoms with Crippen molar-refractivity contribution in [2.75, 3.05) is 5.32 Å². The molecular weight excluding hydrogens is 204 g/mol. The molecule has 0 aliphatic carbocycles. The fraction of sp³-hybridized carbons (Fsp3) is 0.400. The standard InChI is InChI=1S/C10H12N6/c1-3-5-8(4-2)11-9-6-7-10-12-14-15-16(10)13-9/h1,6-8H,4-5H2,2H3,(H,11,13). The van der Waals surface area contributed by atoms with Gasteiger partial charge >= 0.3 is 0 Å². The van der Waals surface area contributed by atoms with Gasteiger partial charge in [-0.1, -0.05) is 6.92 Å². The molecule has 1 unspecified atom stereocenters. The van der Waals surface area contributed by atoms with Gasteiger partial charge in [0.1, 0.15) is 5.82 Å². The van der Waals surface area contributed by atoms with Crippen molar-refractivity contribution in [2.45, 2.75) is 25.8 Å². The van der Waals surface area contributed by atoms with Gasteiger partial charge in [0.05, 0.1) is 0 Å². The van der Waals surface area contributed by atoms with E-state index in [4.69, 9.17) is 6.42 Å². The Balaban J connectivity index is 2.17. The first-order chi connectivity index (χ1) is 7.83. The predicted octanol–water partition coefficient (Wildman–Crippen LogP) is 0.733. The molecule has 0 amide bonds. The molecule has 0 aliphatic heterocycles. The lowest BCUT2D eigenvalue weighted by molar-refractivity contribution is 0.691. The number of hydrogen-bond acceptors (Lipinski definition) is 5. The Kier molecular flexibility index (Phi) is 2.96. The summed E-state index contributed by atoms with van der Waals surface area (Å²) in [7, 11) is 0. The van der Waals surface area contributed by atoms with Crippen LogP contribution < -0.4 is 5.32 Å². The highest BCUT2D eigenvalue weighted by Gasteiger charge is 2.06. The molecule has 2 heterocycles. The van der Waals surface area contributed by atoms with E-state index in [-0.39, 0.29) is 6.04 Å². The first kappa shape index (κ1) is 10.4. The number of aromatic nitrogens is 5. The van der Waals surface area contributed by atoms with Crippen molar-refractivity contribution in [3.63, 3.8) is 0 Å². The molecule has 0 saturated heterocycles. The summed E-state index contributed by atoms with van der Waals surface area (Å²) in [5, 5.41) is 18.5. The molecule has 2 aromatic rings. The van der Waals surface area contributed by atoms with E-state index in [2.05, 4.69) is 38.8 Å². The van der Waals surface area contributed by atoms with Gasteiger partial charge < -0.3 is 5.32 Å². The molecule has 6 heteroatoms. The highest BCUT2D eigenvalue weighted by Crippen LogP contribution is 2.08. The van der Waals surface area contributed by atoms with Crippen molar-refractivity contribution in [1.82, 2.24) is 25.3 Å². The maximum Gasteiger partial charge on any atom is 0.200 e. The number of terminal acetylenes is 1. The third kappa shape index (κ3) is 2.08. The molecule has 0 aromatic carbocycles. The molecule has 1 atom stereocenters. The lowest BCUT2D eigenvalue weighted by Crippen LogP contribution is -2.19. The smallest absolute Gasteiger partial charge is 0.200 e. The summed E-state index contributed by atoms with van der Waals surface area (Å²) in [6, 6.07) is 3.87. The van der Waals surface area contributed by atoms with E-state index in [0.29, 0.717) is 12.1 Å². The second-order valence-corrected chi connectivity index (χ2v) is 3.40. The van der Waals surface area contributed by atoms with Gasteiger partial charge in [-0.25, -0.2) is 0 Å². The average molecular weight is 216 g/mol. The molecule has 0 radical (unpaired) electrons. The minimum Gasteiger partial charge on any atom is -0.365 e. The van der Waals surface area contributed by atoms with Gasteiger partial charge in [-0.05, 0) is 29.0 Å². The number of nitrogens with zero attached hydrogens (tertiary/aromatic N) is 5. The fourth-order valence-electron chi connectivity index (χ4n) is 1.38. The summed E-state index contributed by atoms with van der Waals surface area (Å²) in [6.45, 7) is 2.07. The summed E-state index contributed by atoms with van der Waals surface area (Å²) in [5.41, 5.74) is 0.621. The third-order valence-electron chi connectivity index (χ3n) is 2.28. The molecule has 1 N–H and O–H groups in total. The molecule has 0 spiro atoms. The minimum absolute atomic E-state index is 0.228. The second kappa shape index (κ2) is 4.57. The Morgan fingerprint density at radius 2 is 2.44 bits per heavy atom. The number of hydrogen-bond donors (Lipinski definition) is 1. The van der Waals surface area contributed by atoms with Crippen LogP contribution in [0.15, 0.2) is 12.1 Å². The maximum absolute atomic E-state index is 5.28. The van der Waals surface area contributed by atoms with Gasteiger partial charge in [0.2, 0.25) is 0 Å². The maximum atomic E-state index is 5.28. The van der Waals surface area contributed by atoms with Crippen molar-refractivity contribution >= 4 is 11.5 Å². The van der Waals surface area contributed by atoms with E-state index in [1.807, 2.05) is 6.07 Å². The van der Waals surface area contributed by atoms with Crippen molar-refractivity contribution in [3.8, 4) is 12.3 Å². The topological polar surface area (TPSA) is 68.0 Å². The SMILES string of the molecule is C#CCC(CC)Nc1ccc2nnnn2n1. The van der Waals surface area contributed by atoms with E-state index < -0.39 is 0 Å².